The first-order chi connectivity index (χ1) is 11.0. The van der Waals surface area contributed by atoms with Gasteiger partial charge in [0.2, 0.25) is 5.91 Å². The molecule has 0 N–H and O–H groups in total. The third kappa shape index (κ3) is 3.94. The average molecular weight is 378 g/mol. The number of amides is 1. The number of carbonyl (C=O) groups excluding carboxylic acids is 1. The van der Waals surface area contributed by atoms with Crippen molar-refractivity contribution in [2.45, 2.75) is 39.7 Å². The molecule has 3 heterocycles. The van der Waals surface area contributed by atoms with Gasteiger partial charge < -0.3 is 9.47 Å². The van der Waals surface area contributed by atoms with Gasteiger partial charge in [0.05, 0.1) is 0 Å². The molecule has 4 nitrogen and oxygen atoms in total. The van der Waals surface area contributed by atoms with Crippen LogP contribution in [-0.2, 0) is 11.3 Å². The molecule has 0 unspecified atom stereocenters. The largest absolute Gasteiger partial charge is 0.343 e. The van der Waals surface area contributed by atoms with Gasteiger partial charge in [0.15, 0.2) is 0 Å². The van der Waals surface area contributed by atoms with Crippen molar-refractivity contribution in [3.05, 3.63) is 29.0 Å². The van der Waals surface area contributed by atoms with Crippen molar-refractivity contribution < 1.29 is 4.79 Å². The number of rotatable bonds is 4. The zero-order valence-electron chi connectivity index (χ0n) is 13.8. The molecule has 0 bridgehead atoms. The lowest BCUT2D eigenvalue weighted by Crippen LogP contribution is -2.39. The fourth-order valence-corrected chi connectivity index (χ4v) is 3.67. The van der Waals surface area contributed by atoms with E-state index in [1.807, 2.05) is 11.1 Å². The number of carbonyl (C=O) groups is 1. The fourth-order valence-electron chi connectivity index (χ4n) is 3.32. The molecule has 0 radical (unpaired) electrons. The van der Waals surface area contributed by atoms with Gasteiger partial charge in [0.25, 0.3) is 0 Å². The lowest BCUT2D eigenvalue weighted by Gasteiger charge is -2.32. The van der Waals surface area contributed by atoms with Crippen LogP contribution in [0.25, 0.3) is 11.0 Å². The van der Waals surface area contributed by atoms with Crippen molar-refractivity contribution in [2.24, 2.45) is 11.8 Å². The first-order valence-electron chi connectivity index (χ1n) is 8.41. The summed E-state index contributed by atoms with van der Waals surface area (Å²) in [5, 5.41) is 1.17. The van der Waals surface area contributed by atoms with Gasteiger partial charge >= 0.3 is 0 Å². The summed E-state index contributed by atoms with van der Waals surface area (Å²) in [5.41, 5.74) is 1.05. The Morgan fingerprint density at radius 2 is 2.13 bits per heavy atom. The summed E-state index contributed by atoms with van der Waals surface area (Å²) in [6.07, 6.45) is 6.82. The van der Waals surface area contributed by atoms with Crippen LogP contribution in [0.5, 0.6) is 0 Å². The summed E-state index contributed by atoms with van der Waals surface area (Å²) in [7, 11) is 0. The lowest BCUT2D eigenvalue weighted by atomic mass is 9.96. The summed E-state index contributed by atoms with van der Waals surface area (Å²) >= 11 is 3.47. The maximum Gasteiger partial charge on any atom is 0.222 e. The van der Waals surface area contributed by atoms with Crippen molar-refractivity contribution in [2.75, 3.05) is 13.1 Å². The van der Waals surface area contributed by atoms with Crippen LogP contribution < -0.4 is 0 Å². The van der Waals surface area contributed by atoms with E-state index >= 15 is 0 Å². The Hall–Kier alpha value is -1.36. The molecular formula is C18H24BrN3O. The van der Waals surface area contributed by atoms with Crippen LogP contribution in [0.2, 0.25) is 0 Å². The summed E-state index contributed by atoms with van der Waals surface area (Å²) in [6, 6.07) is 4.22. The summed E-state index contributed by atoms with van der Waals surface area (Å²) < 4.78 is 3.26. The number of hydrogen-bond donors (Lipinski definition) is 0. The normalized spacial score (nSPS) is 16.4. The Kier molecular flexibility index (Phi) is 5.05. The molecule has 0 aliphatic carbocycles. The number of halogens is 1. The van der Waals surface area contributed by atoms with Crippen LogP contribution in [0, 0.1) is 11.8 Å². The number of piperidine rings is 1. The Balaban J connectivity index is 1.59. The van der Waals surface area contributed by atoms with Crippen molar-refractivity contribution in [1.82, 2.24) is 14.5 Å². The molecule has 1 fully saturated rings. The first kappa shape index (κ1) is 16.5. The highest BCUT2D eigenvalue weighted by Crippen LogP contribution is 2.24. The Labute approximate surface area is 146 Å². The highest BCUT2D eigenvalue weighted by Gasteiger charge is 2.23. The standard InChI is InChI=1S/C18H24BrN3O/c1-13(2)9-17(23)21-6-3-14(4-7-21)12-22-8-5-15-10-16(19)11-20-18(15)22/h5,8,10-11,13-14H,3-4,6-7,9,12H2,1-2H3. The van der Waals surface area contributed by atoms with Crippen LogP contribution in [0.4, 0.5) is 0 Å². The minimum Gasteiger partial charge on any atom is -0.343 e. The topological polar surface area (TPSA) is 38.1 Å². The maximum atomic E-state index is 12.1. The zero-order chi connectivity index (χ0) is 16.4. The van der Waals surface area contributed by atoms with Crippen LogP contribution in [0.3, 0.4) is 0 Å². The zero-order valence-corrected chi connectivity index (χ0v) is 15.4. The molecule has 23 heavy (non-hydrogen) atoms. The predicted molar refractivity (Wildman–Crippen MR) is 96.2 cm³/mol. The van der Waals surface area contributed by atoms with Crippen LogP contribution in [0.1, 0.15) is 33.1 Å². The average Bonchev–Trinajstić information content (AvgIpc) is 2.89. The second kappa shape index (κ2) is 7.04. The van der Waals surface area contributed by atoms with E-state index in [0.717, 1.165) is 42.6 Å². The van der Waals surface area contributed by atoms with E-state index in [2.05, 4.69) is 57.7 Å². The maximum absolute atomic E-state index is 12.1. The first-order valence-corrected chi connectivity index (χ1v) is 9.20. The third-order valence-corrected chi connectivity index (χ3v) is 5.01. The van der Waals surface area contributed by atoms with Gasteiger partial charge in [-0.25, -0.2) is 4.98 Å². The highest BCUT2D eigenvalue weighted by molar-refractivity contribution is 9.10. The quantitative estimate of drug-likeness (QED) is 0.804. The fraction of sp³-hybridized carbons (Fsp3) is 0.556. The van der Waals surface area contributed by atoms with Crippen molar-refractivity contribution >= 4 is 32.9 Å². The molecule has 2 aromatic heterocycles. The molecule has 0 aromatic carbocycles. The highest BCUT2D eigenvalue weighted by atomic mass is 79.9. The minimum atomic E-state index is 0.316. The number of likely N-dealkylation sites (tertiary alicyclic amines) is 1. The molecule has 0 saturated carbocycles. The Bertz CT molecular complexity index is 687. The van der Waals surface area contributed by atoms with Crippen molar-refractivity contribution in [1.29, 1.82) is 0 Å². The van der Waals surface area contributed by atoms with Gasteiger partial charge in [-0.2, -0.15) is 0 Å². The molecule has 1 saturated heterocycles. The number of aromatic nitrogens is 2. The van der Waals surface area contributed by atoms with E-state index in [1.165, 1.54) is 5.39 Å². The van der Waals surface area contributed by atoms with Gasteiger partial charge in [-0.3, -0.25) is 4.79 Å². The van der Waals surface area contributed by atoms with E-state index in [0.29, 0.717) is 24.2 Å². The Morgan fingerprint density at radius 3 is 2.83 bits per heavy atom. The number of nitrogens with zero attached hydrogens (tertiary/aromatic N) is 3. The monoisotopic (exact) mass is 377 g/mol. The van der Waals surface area contributed by atoms with E-state index in [-0.39, 0.29) is 0 Å². The Morgan fingerprint density at radius 1 is 1.39 bits per heavy atom. The van der Waals surface area contributed by atoms with Gasteiger partial charge in [0.1, 0.15) is 5.65 Å². The molecule has 2 aromatic rings. The van der Waals surface area contributed by atoms with Crippen LogP contribution in [-0.4, -0.2) is 33.4 Å². The molecule has 3 rings (SSSR count). The molecule has 0 spiro atoms. The molecular weight excluding hydrogens is 354 g/mol. The minimum absolute atomic E-state index is 0.316. The van der Waals surface area contributed by atoms with E-state index in [9.17, 15) is 4.79 Å². The third-order valence-electron chi connectivity index (χ3n) is 4.57. The van der Waals surface area contributed by atoms with Crippen LogP contribution >= 0.6 is 15.9 Å². The van der Waals surface area contributed by atoms with Gasteiger partial charge in [0, 0.05) is 48.3 Å². The number of fused-ring (bicyclic) bond motifs is 1. The summed E-state index contributed by atoms with van der Waals surface area (Å²) in [5.74, 6) is 1.38. The summed E-state index contributed by atoms with van der Waals surface area (Å²) in [6.45, 7) is 6.99. The van der Waals surface area contributed by atoms with Crippen LogP contribution in [0.15, 0.2) is 29.0 Å². The molecule has 0 atom stereocenters. The smallest absolute Gasteiger partial charge is 0.222 e. The van der Waals surface area contributed by atoms with Crippen molar-refractivity contribution in [3.63, 3.8) is 0 Å². The SMILES string of the molecule is CC(C)CC(=O)N1CCC(Cn2ccc3cc(Br)cnc32)CC1. The number of hydrogen-bond acceptors (Lipinski definition) is 2. The second-order valence-corrected chi connectivity index (χ2v) is 7.87. The molecule has 124 valence electrons. The van der Waals surface area contributed by atoms with Crippen molar-refractivity contribution in [3.8, 4) is 0 Å². The van der Waals surface area contributed by atoms with Gasteiger partial charge in [-0.05, 0) is 52.7 Å². The van der Waals surface area contributed by atoms with E-state index in [1.54, 1.807) is 0 Å². The van der Waals surface area contributed by atoms with E-state index in [4.69, 9.17) is 0 Å². The predicted octanol–water partition coefficient (Wildman–Crippen LogP) is 4.08. The van der Waals surface area contributed by atoms with Gasteiger partial charge in [-0.1, -0.05) is 13.8 Å². The van der Waals surface area contributed by atoms with E-state index < -0.39 is 0 Å². The number of pyridine rings is 1. The molecule has 1 aliphatic heterocycles. The molecule has 5 heteroatoms. The second-order valence-electron chi connectivity index (χ2n) is 6.96. The van der Waals surface area contributed by atoms with Gasteiger partial charge in [-0.15, -0.1) is 0 Å². The molecule has 1 aliphatic rings. The lowest BCUT2D eigenvalue weighted by molar-refractivity contribution is -0.133. The summed E-state index contributed by atoms with van der Waals surface area (Å²) in [4.78, 5) is 18.7. The molecule has 1 amide bonds.